The van der Waals surface area contributed by atoms with Gasteiger partial charge in [0.05, 0.1) is 23.4 Å². The number of rotatable bonds is 5. The minimum absolute atomic E-state index is 0.0958. The maximum atomic E-state index is 13.7. The number of hydrogen-bond donors (Lipinski definition) is 1. The molecule has 1 aromatic carbocycles. The maximum Gasteiger partial charge on any atom is 0.413 e. The molecule has 3 aromatic rings. The molecule has 2 heterocycles. The first-order valence-electron chi connectivity index (χ1n) is 10.3. The number of amides is 2. The van der Waals surface area contributed by atoms with Gasteiger partial charge in [0, 0.05) is 9.90 Å². The summed E-state index contributed by atoms with van der Waals surface area (Å²) < 4.78 is 6.25. The number of alkyl carbamates (subject to hydrolysis) is 1. The maximum absolute atomic E-state index is 13.7. The van der Waals surface area contributed by atoms with Gasteiger partial charge in [-0.2, -0.15) is 0 Å². The Balaban J connectivity index is 1.78. The molecule has 4 rings (SSSR count). The van der Waals surface area contributed by atoms with E-state index in [9.17, 15) is 14.4 Å². The van der Waals surface area contributed by atoms with Gasteiger partial charge in [0.25, 0.3) is 5.56 Å². The van der Waals surface area contributed by atoms with Crippen molar-refractivity contribution in [2.24, 2.45) is 0 Å². The number of nitrogens with one attached hydrogen (secondary N) is 1. The van der Waals surface area contributed by atoms with E-state index >= 15 is 0 Å². The normalized spacial score (nSPS) is 13.1. The summed E-state index contributed by atoms with van der Waals surface area (Å²) >= 11 is 8.98. The largest absolute Gasteiger partial charge is 0.450 e. The van der Waals surface area contributed by atoms with Crippen LogP contribution in [0.1, 0.15) is 35.8 Å². The number of carbonyl (C=O) groups excluding carboxylic acids is 2. The molecule has 0 saturated carbocycles. The lowest BCUT2D eigenvalue weighted by Gasteiger charge is -2.14. The molecule has 0 spiro atoms. The number of hydrogen-bond acceptors (Lipinski definition) is 7. The Morgan fingerprint density at radius 3 is 2.84 bits per heavy atom. The topological polar surface area (TPSA) is 90.3 Å². The van der Waals surface area contributed by atoms with Crippen LogP contribution in [0.15, 0.2) is 28.2 Å². The van der Waals surface area contributed by atoms with E-state index in [0.29, 0.717) is 26.1 Å². The first-order chi connectivity index (χ1) is 15.4. The van der Waals surface area contributed by atoms with Crippen LogP contribution in [0.25, 0.3) is 15.9 Å². The fourth-order valence-electron chi connectivity index (χ4n) is 3.68. The molecule has 0 atom stereocenters. The van der Waals surface area contributed by atoms with Crippen molar-refractivity contribution in [1.29, 1.82) is 0 Å². The van der Waals surface area contributed by atoms with Crippen molar-refractivity contribution < 1.29 is 14.3 Å². The van der Waals surface area contributed by atoms with Gasteiger partial charge >= 0.3 is 6.09 Å². The second-order valence-electron chi connectivity index (χ2n) is 7.42. The fourth-order valence-corrected chi connectivity index (χ4v) is 5.97. The Morgan fingerprint density at radius 1 is 1.31 bits per heavy atom. The van der Waals surface area contributed by atoms with Crippen LogP contribution in [0.5, 0.6) is 0 Å². The zero-order valence-electron chi connectivity index (χ0n) is 17.7. The number of nitrogens with zero attached hydrogens (tertiary/aromatic N) is 2. The molecule has 0 radical (unpaired) electrons. The lowest BCUT2D eigenvalue weighted by molar-refractivity contribution is -0.117. The van der Waals surface area contributed by atoms with Crippen molar-refractivity contribution in [2.75, 3.05) is 12.4 Å². The standard InChI is InChI=1S/C22H22ClN3O4S2/c1-3-30-22(29)24-17(27)11-31-21-25-19-18(14-6-4-5-7-16(14)32-19)20(28)26(21)13-9-8-12(2)15(23)10-13/h8-10H,3-7,11H2,1-2H3,(H,24,27,29). The van der Waals surface area contributed by atoms with Gasteiger partial charge in [-0.3, -0.25) is 19.5 Å². The molecule has 0 fully saturated rings. The number of imide groups is 1. The smallest absolute Gasteiger partial charge is 0.413 e. The molecule has 2 aromatic heterocycles. The van der Waals surface area contributed by atoms with E-state index in [-0.39, 0.29) is 17.9 Å². The van der Waals surface area contributed by atoms with E-state index in [1.807, 2.05) is 19.1 Å². The number of carbonyl (C=O) groups is 2. The number of ether oxygens (including phenoxy) is 1. The summed E-state index contributed by atoms with van der Waals surface area (Å²) in [5.74, 6) is -0.622. The van der Waals surface area contributed by atoms with Gasteiger partial charge in [-0.05, 0) is 62.8 Å². The summed E-state index contributed by atoms with van der Waals surface area (Å²) in [5, 5.41) is 3.73. The fraction of sp³-hybridized carbons (Fsp3) is 0.364. The highest BCUT2D eigenvalue weighted by Gasteiger charge is 2.23. The summed E-state index contributed by atoms with van der Waals surface area (Å²) in [6, 6.07) is 5.39. The third kappa shape index (κ3) is 4.55. The average Bonchev–Trinajstić information content (AvgIpc) is 3.13. The van der Waals surface area contributed by atoms with Crippen LogP contribution in [0.3, 0.4) is 0 Å². The van der Waals surface area contributed by atoms with Gasteiger partial charge < -0.3 is 4.74 Å². The van der Waals surface area contributed by atoms with Crippen molar-refractivity contribution in [1.82, 2.24) is 14.9 Å². The molecule has 168 valence electrons. The summed E-state index contributed by atoms with van der Waals surface area (Å²) in [5.41, 5.74) is 2.41. The van der Waals surface area contributed by atoms with E-state index in [0.717, 1.165) is 48.6 Å². The van der Waals surface area contributed by atoms with Crippen molar-refractivity contribution in [3.05, 3.63) is 49.6 Å². The Hall–Kier alpha value is -2.36. The quantitative estimate of drug-likeness (QED) is 0.412. The lowest BCUT2D eigenvalue weighted by Crippen LogP contribution is -2.32. The van der Waals surface area contributed by atoms with Crippen LogP contribution in [-0.4, -0.2) is 33.9 Å². The van der Waals surface area contributed by atoms with E-state index in [1.54, 1.807) is 24.3 Å². The summed E-state index contributed by atoms with van der Waals surface area (Å²) in [6.07, 6.45) is 3.19. The van der Waals surface area contributed by atoms with Gasteiger partial charge in [0.15, 0.2) is 5.16 Å². The van der Waals surface area contributed by atoms with Crippen molar-refractivity contribution in [2.45, 2.75) is 44.7 Å². The zero-order chi connectivity index (χ0) is 22.8. The van der Waals surface area contributed by atoms with Crippen LogP contribution in [-0.2, 0) is 22.4 Å². The zero-order valence-corrected chi connectivity index (χ0v) is 20.1. The number of thiophene rings is 1. The number of thioether (sulfide) groups is 1. The van der Waals surface area contributed by atoms with Crippen LogP contribution in [0.2, 0.25) is 5.02 Å². The minimum Gasteiger partial charge on any atom is -0.450 e. The molecule has 10 heteroatoms. The molecular weight excluding hydrogens is 470 g/mol. The van der Waals surface area contributed by atoms with Gasteiger partial charge in [-0.25, -0.2) is 9.78 Å². The number of benzene rings is 1. The molecule has 0 aliphatic heterocycles. The minimum atomic E-state index is -0.796. The van der Waals surface area contributed by atoms with Crippen LogP contribution < -0.4 is 10.9 Å². The van der Waals surface area contributed by atoms with E-state index in [2.05, 4.69) is 5.32 Å². The van der Waals surface area contributed by atoms with Gasteiger partial charge in [-0.15, -0.1) is 11.3 Å². The number of fused-ring (bicyclic) bond motifs is 3. The predicted octanol–water partition coefficient (Wildman–Crippen LogP) is 4.65. The number of aryl methyl sites for hydroxylation is 3. The highest BCUT2D eigenvalue weighted by Crippen LogP contribution is 2.35. The van der Waals surface area contributed by atoms with Crippen molar-refractivity contribution in [3.63, 3.8) is 0 Å². The third-order valence-corrected chi connectivity index (χ3v) is 7.75. The van der Waals surface area contributed by atoms with Gasteiger partial charge in [-0.1, -0.05) is 29.4 Å². The molecule has 1 N–H and O–H groups in total. The molecule has 1 aliphatic rings. The summed E-state index contributed by atoms with van der Waals surface area (Å²) in [4.78, 5) is 44.1. The first kappa shape index (κ1) is 22.8. The van der Waals surface area contributed by atoms with Gasteiger partial charge in [0.2, 0.25) is 5.91 Å². The van der Waals surface area contributed by atoms with E-state index in [4.69, 9.17) is 21.3 Å². The summed E-state index contributed by atoms with van der Waals surface area (Å²) in [7, 11) is 0. The predicted molar refractivity (Wildman–Crippen MR) is 127 cm³/mol. The van der Waals surface area contributed by atoms with E-state index in [1.165, 1.54) is 9.44 Å². The Labute approximate surface area is 198 Å². The second kappa shape index (κ2) is 9.64. The monoisotopic (exact) mass is 491 g/mol. The highest BCUT2D eigenvalue weighted by atomic mass is 35.5. The SMILES string of the molecule is CCOC(=O)NC(=O)CSc1nc2sc3c(c2c(=O)n1-c1ccc(C)c(Cl)c1)CCCC3. The van der Waals surface area contributed by atoms with Crippen molar-refractivity contribution >= 4 is 56.9 Å². The molecule has 0 saturated heterocycles. The molecule has 32 heavy (non-hydrogen) atoms. The number of aromatic nitrogens is 2. The Bertz CT molecular complexity index is 1270. The third-order valence-electron chi connectivity index (χ3n) is 5.22. The summed E-state index contributed by atoms with van der Waals surface area (Å²) in [6.45, 7) is 3.71. The van der Waals surface area contributed by atoms with Crippen molar-refractivity contribution in [3.8, 4) is 5.69 Å². The number of halogens is 1. The average molecular weight is 492 g/mol. The van der Waals surface area contributed by atoms with Crippen LogP contribution in [0, 0.1) is 6.92 Å². The lowest BCUT2D eigenvalue weighted by atomic mass is 9.97. The molecule has 0 unspecified atom stereocenters. The van der Waals surface area contributed by atoms with E-state index < -0.39 is 12.0 Å². The molecular formula is C22H22ClN3O4S2. The van der Waals surface area contributed by atoms with Crippen LogP contribution >= 0.6 is 34.7 Å². The Kier molecular flexibility index (Phi) is 6.88. The van der Waals surface area contributed by atoms with Crippen LogP contribution in [0.4, 0.5) is 4.79 Å². The molecule has 1 aliphatic carbocycles. The highest BCUT2D eigenvalue weighted by molar-refractivity contribution is 7.99. The molecule has 0 bridgehead atoms. The second-order valence-corrected chi connectivity index (χ2v) is 9.85. The first-order valence-corrected chi connectivity index (χ1v) is 12.5. The van der Waals surface area contributed by atoms with Gasteiger partial charge in [0.1, 0.15) is 4.83 Å². The molecule has 2 amide bonds. The Morgan fingerprint density at radius 2 is 2.09 bits per heavy atom. The molecule has 7 nitrogen and oxygen atoms in total.